The van der Waals surface area contributed by atoms with Crippen LogP contribution in [-0.2, 0) is 0 Å². The second-order valence-electron chi connectivity index (χ2n) is 4.09. The summed E-state index contributed by atoms with van der Waals surface area (Å²) in [6.45, 7) is 2.87. The van der Waals surface area contributed by atoms with Crippen molar-refractivity contribution in [2.75, 3.05) is 13.2 Å². The molecule has 0 aliphatic heterocycles. The molecule has 1 aromatic carbocycles. The van der Waals surface area contributed by atoms with Crippen molar-refractivity contribution in [1.29, 1.82) is 0 Å². The molecule has 0 fully saturated rings. The van der Waals surface area contributed by atoms with E-state index in [0.29, 0.717) is 12.6 Å². The number of hydrogen-bond donors (Lipinski definition) is 3. The van der Waals surface area contributed by atoms with Crippen molar-refractivity contribution in [3.8, 4) is 0 Å². The van der Waals surface area contributed by atoms with Gasteiger partial charge in [0.05, 0.1) is 0 Å². The SMILES string of the molecule is CCC(CCO)NC(CN)c1ccccc1Br. The Morgan fingerprint density at radius 1 is 1.41 bits per heavy atom. The van der Waals surface area contributed by atoms with Crippen LogP contribution in [0.25, 0.3) is 0 Å². The van der Waals surface area contributed by atoms with Gasteiger partial charge in [-0.1, -0.05) is 41.1 Å². The summed E-state index contributed by atoms with van der Waals surface area (Å²) in [7, 11) is 0. The van der Waals surface area contributed by atoms with Gasteiger partial charge in [0, 0.05) is 29.7 Å². The highest BCUT2D eigenvalue weighted by atomic mass is 79.9. The van der Waals surface area contributed by atoms with Crippen LogP contribution in [0, 0.1) is 0 Å². The molecule has 0 spiro atoms. The Hall–Kier alpha value is -0.420. The van der Waals surface area contributed by atoms with Crippen molar-refractivity contribution >= 4 is 15.9 Å². The topological polar surface area (TPSA) is 58.3 Å². The number of benzene rings is 1. The average Bonchev–Trinajstić information content (AvgIpc) is 2.35. The van der Waals surface area contributed by atoms with Crippen LogP contribution in [0.2, 0.25) is 0 Å². The molecular weight excluding hydrogens is 280 g/mol. The van der Waals surface area contributed by atoms with Crippen LogP contribution in [0.3, 0.4) is 0 Å². The van der Waals surface area contributed by atoms with Gasteiger partial charge in [-0.15, -0.1) is 0 Å². The first-order valence-electron chi connectivity index (χ1n) is 6.04. The van der Waals surface area contributed by atoms with Crippen molar-refractivity contribution < 1.29 is 5.11 Å². The van der Waals surface area contributed by atoms with Crippen molar-refractivity contribution in [1.82, 2.24) is 5.32 Å². The zero-order chi connectivity index (χ0) is 12.7. The van der Waals surface area contributed by atoms with Crippen LogP contribution in [0.4, 0.5) is 0 Å². The minimum atomic E-state index is 0.127. The van der Waals surface area contributed by atoms with Crippen LogP contribution in [0.15, 0.2) is 28.7 Å². The molecule has 0 saturated carbocycles. The van der Waals surface area contributed by atoms with E-state index in [-0.39, 0.29) is 12.6 Å². The lowest BCUT2D eigenvalue weighted by molar-refractivity contribution is 0.255. The predicted octanol–water partition coefficient (Wildman–Crippen LogP) is 2.20. The summed E-state index contributed by atoms with van der Waals surface area (Å²) in [6, 6.07) is 8.53. The minimum Gasteiger partial charge on any atom is -0.396 e. The van der Waals surface area contributed by atoms with Crippen LogP contribution >= 0.6 is 15.9 Å². The molecule has 0 saturated heterocycles. The Balaban J connectivity index is 2.74. The second-order valence-corrected chi connectivity index (χ2v) is 4.95. The number of rotatable bonds is 7. The monoisotopic (exact) mass is 300 g/mol. The maximum atomic E-state index is 9.00. The van der Waals surface area contributed by atoms with Gasteiger partial charge in [0.25, 0.3) is 0 Å². The molecule has 0 aliphatic rings. The molecule has 0 radical (unpaired) electrons. The van der Waals surface area contributed by atoms with Crippen LogP contribution in [0.1, 0.15) is 31.4 Å². The van der Waals surface area contributed by atoms with Crippen LogP contribution < -0.4 is 11.1 Å². The Bertz CT molecular complexity index is 333. The maximum Gasteiger partial charge on any atom is 0.0457 e. The molecule has 0 amide bonds. The Morgan fingerprint density at radius 2 is 2.12 bits per heavy atom. The number of aliphatic hydroxyl groups excluding tert-OH is 1. The van der Waals surface area contributed by atoms with E-state index in [1.165, 1.54) is 5.56 Å². The molecule has 1 aromatic rings. The van der Waals surface area contributed by atoms with Crippen molar-refractivity contribution in [2.45, 2.75) is 31.8 Å². The molecule has 0 bridgehead atoms. The molecule has 4 N–H and O–H groups in total. The summed E-state index contributed by atoms with van der Waals surface area (Å²) in [5, 5.41) is 12.5. The van der Waals surface area contributed by atoms with Gasteiger partial charge in [0.15, 0.2) is 0 Å². The van der Waals surface area contributed by atoms with Gasteiger partial charge in [0.2, 0.25) is 0 Å². The minimum absolute atomic E-state index is 0.127. The van der Waals surface area contributed by atoms with Crippen molar-refractivity contribution in [3.63, 3.8) is 0 Å². The fraction of sp³-hybridized carbons (Fsp3) is 0.538. The van der Waals surface area contributed by atoms with E-state index >= 15 is 0 Å². The highest BCUT2D eigenvalue weighted by Crippen LogP contribution is 2.23. The molecule has 0 heterocycles. The summed E-state index contributed by atoms with van der Waals surface area (Å²) in [6.07, 6.45) is 1.75. The van der Waals surface area contributed by atoms with E-state index < -0.39 is 0 Å². The maximum absolute atomic E-state index is 9.00. The standard InChI is InChI=1S/C13H21BrN2O/c1-2-10(7-8-17)16-13(9-15)11-5-3-4-6-12(11)14/h3-6,10,13,16-17H,2,7-9,15H2,1H3. The lowest BCUT2D eigenvalue weighted by Crippen LogP contribution is -2.37. The quantitative estimate of drug-likeness (QED) is 0.723. The van der Waals surface area contributed by atoms with Crippen molar-refractivity contribution in [2.24, 2.45) is 5.73 Å². The first-order valence-corrected chi connectivity index (χ1v) is 6.83. The van der Waals surface area contributed by atoms with Gasteiger partial charge in [-0.05, 0) is 24.5 Å². The largest absolute Gasteiger partial charge is 0.396 e. The summed E-state index contributed by atoms with van der Waals surface area (Å²) in [4.78, 5) is 0. The molecule has 1 rings (SSSR count). The van der Waals surface area contributed by atoms with E-state index in [1.54, 1.807) is 0 Å². The Morgan fingerprint density at radius 3 is 2.65 bits per heavy atom. The normalized spacial score (nSPS) is 14.6. The molecule has 2 unspecified atom stereocenters. The summed E-state index contributed by atoms with van der Waals surface area (Å²) >= 11 is 3.54. The number of nitrogens with two attached hydrogens (primary N) is 1. The van der Waals surface area contributed by atoms with Gasteiger partial charge in [0.1, 0.15) is 0 Å². The molecule has 17 heavy (non-hydrogen) atoms. The van der Waals surface area contributed by atoms with Gasteiger partial charge in [-0.25, -0.2) is 0 Å². The summed E-state index contributed by atoms with van der Waals surface area (Å²) in [5.74, 6) is 0. The Kier molecular flexibility index (Phi) is 6.73. The number of halogens is 1. The predicted molar refractivity (Wildman–Crippen MR) is 74.9 cm³/mol. The lowest BCUT2D eigenvalue weighted by Gasteiger charge is -2.24. The first kappa shape index (κ1) is 14.6. The summed E-state index contributed by atoms with van der Waals surface area (Å²) < 4.78 is 1.07. The van der Waals surface area contributed by atoms with Gasteiger partial charge in [-0.2, -0.15) is 0 Å². The van der Waals surface area contributed by atoms with E-state index in [2.05, 4.69) is 34.2 Å². The molecule has 0 aliphatic carbocycles. The molecule has 96 valence electrons. The highest BCUT2D eigenvalue weighted by Gasteiger charge is 2.16. The third-order valence-corrected chi connectivity index (χ3v) is 3.65. The number of hydrogen-bond acceptors (Lipinski definition) is 3. The molecule has 3 nitrogen and oxygen atoms in total. The molecule has 0 aromatic heterocycles. The molecule has 4 heteroatoms. The fourth-order valence-corrected chi connectivity index (χ4v) is 2.45. The van der Waals surface area contributed by atoms with Gasteiger partial charge in [-0.3, -0.25) is 0 Å². The number of nitrogens with one attached hydrogen (secondary N) is 1. The van der Waals surface area contributed by atoms with Gasteiger partial charge < -0.3 is 16.2 Å². The third-order valence-electron chi connectivity index (χ3n) is 2.92. The van der Waals surface area contributed by atoms with Crippen LogP contribution in [0.5, 0.6) is 0 Å². The lowest BCUT2D eigenvalue weighted by atomic mass is 10.0. The van der Waals surface area contributed by atoms with E-state index in [9.17, 15) is 0 Å². The zero-order valence-electron chi connectivity index (χ0n) is 10.2. The van der Waals surface area contributed by atoms with Crippen LogP contribution in [-0.4, -0.2) is 24.3 Å². The fourth-order valence-electron chi connectivity index (χ4n) is 1.89. The first-order chi connectivity index (χ1) is 8.22. The van der Waals surface area contributed by atoms with Gasteiger partial charge >= 0.3 is 0 Å². The van der Waals surface area contributed by atoms with E-state index in [0.717, 1.165) is 17.3 Å². The summed E-state index contributed by atoms with van der Waals surface area (Å²) in [5.41, 5.74) is 7.00. The number of aliphatic hydroxyl groups is 1. The zero-order valence-corrected chi connectivity index (χ0v) is 11.8. The van der Waals surface area contributed by atoms with Crippen molar-refractivity contribution in [3.05, 3.63) is 34.3 Å². The smallest absolute Gasteiger partial charge is 0.0457 e. The van der Waals surface area contributed by atoms with E-state index in [4.69, 9.17) is 10.8 Å². The Labute approximate surface area is 112 Å². The average molecular weight is 301 g/mol. The molecular formula is C13H21BrN2O. The third kappa shape index (κ3) is 4.39. The molecule has 2 atom stereocenters. The van der Waals surface area contributed by atoms with E-state index in [1.807, 2.05) is 18.2 Å². The second kappa shape index (κ2) is 7.82. The highest BCUT2D eigenvalue weighted by molar-refractivity contribution is 9.10.